The normalized spacial score (nSPS) is 21.6. The zero-order chi connectivity index (χ0) is 46.1. The topological polar surface area (TPSA) is 131 Å². The summed E-state index contributed by atoms with van der Waals surface area (Å²) in [6.45, 7) is 8.89. The predicted molar refractivity (Wildman–Crippen MR) is 243 cm³/mol. The van der Waals surface area contributed by atoms with E-state index in [2.05, 4.69) is 29.2 Å². The van der Waals surface area contributed by atoms with Gasteiger partial charge in [0.05, 0.1) is 63.1 Å². The van der Waals surface area contributed by atoms with E-state index < -0.39 is 35.9 Å². The third kappa shape index (κ3) is 11.1. The minimum Gasteiger partial charge on any atom is -0.469 e. The van der Waals surface area contributed by atoms with Gasteiger partial charge in [-0.1, -0.05) is 89.1 Å². The first-order valence-electron chi connectivity index (χ1n) is 23.3. The lowest BCUT2D eigenvalue weighted by molar-refractivity contribution is -0.149. The third-order valence-corrected chi connectivity index (χ3v) is 14.3. The number of hydrogen-bond donors (Lipinski definition) is 0. The molecule has 3 saturated heterocycles. The molecule has 344 valence electrons. The first-order chi connectivity index (χ1) is 30.8. The molecule has 3 fully saturated rings. The molecule has 12 heteroatoms. The molecule has 3 aliphatic heterocycles. The Bertz CT molecular complexity index is 1980. The van der Waals surface area contributed by atoms with Crippen LogP contribution >= 0.6 is 0 Å². The van der Waals surface area contributed by atoms with Crippen molar-refractivity contribution in [2.24, 2.45) is 23.7 Å². The first kappa shape index (κ1) is 48.1. The van der Waals surface area contributed by atoms with Crippen molar-refractivity contribution in [1.29, 1.82) is 0 Å². The van der Waals surface area contributed by atoms with E-state index in [-0.39, 0.29) is 78.8 Å². The standard InChI is InChI=1S/C52H66FN3O8/c1-7-33(3)41(31-49(59)63-5)51(61)54-27-9-11-45(54)47(57)29-35-13-17-37(18-14-35)43-25-26-44(56(43)40-23-21-39(53)22-24-40)38-19-15-36(16-20-38)30-48(58)46-12-10-28-55(46)52(62)42(34(4)8-2)32-50(60)64-6/h13-24,33-34,41-46H,7-12,25-32H2,1-6H3/t33-,34-,41-,42?,43-,44-,45-,46-/m0/s1. The molecule has 6 rings (SSSR count). The van der Waals surface area contributed by atoms with Crippen molar-refractivity contribution < 1.29 is 42.6 Å². The number of benzene rings is 3. The number of hydrogen-bond acceptors (Lipinski definition) is 9. The first-order valence-corrected chi connectivity index (χ1v) is 23.3. The second-order valence-electron chi connectivity index (χ2n) is 18.2. The Kier molecular flexibility index (Phi) is 16.5. The Labute approximate surface area is 378 Å². The number of anilines is 1. The Balaban J connectivity index is 1.14. The molecule has 0 N–H and O–H groups in total. The van der Waals surface area contributed by atoms with Crippen LogP contribution < -0.4 is 4.90 Å². The lowest BCUT2D eigenvalue weighted by atomic mass is 9.87. The maximum absolute atomic E-state index is 14.2. The molecule has 1 unspecified atom stereocenters. The van der Waals surface area contributed by atoms with E-state index in [9.17, 15) is 33.2 Å². The Hall–Kier alpha value is -5.39. The Morgan fingerprint density at radius 3 is 1.34 bits per heavy atom. The number of carbonyl (C=O) groups is 6. The molecule has 3 heterocycles. The van der Waals surface area contributed by atoms with Gasteiger partial charge >= 0.3 is 11.9 Å². The smallest absolute Gasteiger partial charge is 0.306 e. The number of nitrogens with zero attached hydrogens (tertiary/aromatic N) is 3. The molecule has 2 amide bonds. The number of rotatable bonds is 19. The van der Waals surface area contributed by atoms with Crippen LogP contribution in [0.5, 0.6) is 0 Å². The van der Waals surface area contributed by atoms with Crippen LogP contribution in [-0.4, -0.2) is 84.5 Å². The molecule has 11 nitrogen and oxygen atoms in total. The van der Waals surface area contributed by atoms with Gasteiger partial charge in [0.2, 0.25) is 11.8 Å². The van der Waals surface area contributed by atoms with E-state index in [4.69, 9.17) is 9.47 Å². The number of halogens is 1. The minimum absolute atomic E-state index is 0.00223. The van der Waals surface area contributed by atoms with Gasteiger partial charge in [-0.2, -0.15) is 0 Å². The molecule has 3 aromatic carbocycles. The van der Waals surface area contributed by atoms with Gasteiger partial charge in [-0.25, -0.2) is 4.39 Å². The molecule has 3 aliphatic rings. The van der Waals surface area contributed by atoms with Crippen LogP contribution in [0.3, 0.4) is 0 Å². The highest BCUT2D eigenvalue weighted by Gasteiger charge is 2.41. The highest BCUT2D eigenvalue weighted by molar-refractivity contribution is 5.93. The fourth-order valence-electron chi connectivity index (χ4n) is 10.1. The van der Waals surface area contributed by atoms with Gasteiger partial charge in [-0.05, 0) is 96.9 Å². The van der Waals surface area contributed by atoms with Crippen molar-refractivity contribution in [2.75, 3.05) is 32.2 Å². The van der Waals surface area contributed by atoms with Gasteiger partial charge in [0.25, 0.3) is 0 Å². The van der Waals surface area contributed by atoms with Crippen LogP contribution in [0, 0.1) is 29.5 Å². The molecule has 0 saturated carbocycles. The van der Waals surface area contributed by atoms with Crippen molar-refractivity contribution in [2.45, 2.75) is 129 Å². The van der Waals surface area contributed by atoms with Crippen LogP contribution in [0.15, 0.2) is 72.8 Å². The molecule has 0 bridgehead atoms. The van der Waals surface area contributed by atoms with Crippen LogP contribution in [0.4, 0.5) is 10.1 Å². The maximum atomic E-state index is 14.2. The predicted octanol–water partition coefficient (Wildman–Crippen LogP) is 8.56. The Morgan fingerprint density at radius 2 is 0.984 bits per heavy atom. The highest BCUT2D eigenvalue weighted by atomic mass is 19.1. The van der Waals surface area contributed by atoms with E-state index in [0.717, 1.165) is 66.5 Å². The number of likely N-dealkylation sites (tertiary alicyclic amines) is 2. The van der Waals surface area contributed by atoms with E-state index in [0.29, 0.717) is 25.9 Å². The summed E-state index contributed by atoms with van der Waals surface area (Å²) in [7, 11) is 2.65. The molecule has 0 aliphatic carbocycles. The van der Waals surface area contributed by atoms with Gasteiger partial charge in [0.1, 0.15) is 5.82 Å². The lowest BCUT2D eigenvalue weighted by Gasteiger charge is -2.33. The summed E-state index contributed by atoms with van der Waals surface area (Å²) in [6, 6.07) is 21.6. The average molecular weight is 880 g/mol. The molecular weight excluding hydrogens is 814 g/mol. The summed E-state index contributed by atoms with van der Waals surface area (Å²) in [4.78, 5) is 85.2. The highest BCUT2D eigenvalue weighted by Crippen LogP contribution is 2.47. The second-order valence-corrected chi connectivity index (χ2v) is 18.2. The van der Waals surface area contributed by atoms with E-state index >= 15 is 0 Å². The SMILES string of the molecule is CC[C@H](C)C(CC(=O)OC)C(=O)N1CCC[C@H]1C(=O)Cc1ccc([C@@H]2CC[C@@H](c3ccc(CC(=O)[C@@H]4CCCN4C(=O)[C@@H](CC(=O)OC)[C@@H](C)CC)cc3)N2c2ccc(F)cc2)cc1. The Morgan fingerprint density at radius 1 is 0.594 bits per heavy atom. The van der Waals surface area contributed by atoms with Crippen LogP contribution in [0.25, 0.3) is 0 Å². The molecule has 0 spiro atoms. The molecular formula is C52H66FN3O8. The van der Waals surface area contributed by atoms with Crippen LogP contribution in [-0.2, 0) is 51.1 Å². The van der Waals surface area contributed by atoms with Gasteiger partial charge in [-0.15, -0.1) is 0 Å². The summed E-state index contributed by atoms with van der Waals surface area (Å²) in [6.07, 6.45) is 6.16. The molecule has 0 radical (unpaired) electrons. The maximum Gasteiger partial charge on any atom is 0.306 e. The van der Waals surface area contributed by atoms with Crippen molar-refractivity contribution in [3.8, 4) is 0 Å². The molecule has 3 aromatic rings. The number of methoxy groups -OCH3 is 2. The minimum atomic E-state index is -0.535. The van der Waals surface area contributed by atoms with Crippen molar-refractivity contribution in [3.05, 3.63) is 101 Å². The number of esters is 2. The van der Waals surface area contributed by atoms with Crippen molar-refractivity contribution in [3.63, 3.8) is 0 Å². The monoisotopic (exact) mass is 879 g/mol. The summed E-state index contributed by atoms with van der Waals surface area (Å²) in [5.74, 6) is -2.64. The van der Waals surface area contributed by atoms with Crippen LogP contribution in [0.1, 0.15) is 126 Å². The number of ether oxygens (including phenoxy) is 2. The summed E-state index contributed by atoms with van der Waals surface area (Å²) in [5, 5.41) is 0. The van der Waals surface area contributed by atoms with Gasteiger partial charge in [0.15, 0.2) is 11.6 Å². The second kappa shape index (κ2) is 22.0. The van der Waals surface area contributed by atoms with Gasteiger partial charge in [-0.3, -0.25) is 28.8 Å². The van der Waals surface area contributed by atoms with Crippen molar-refractivity contribution in [1.82, 2.24) is 9.80 Å². The summed E-state index contributed by atoms with van der Waals surface area (Å²) >= 11 is 0. The van der Waals surface area contributed by atoms with Gasteiger partial charge in [0, 0.05) is 31.6 Å². The van der Waals surface area contributed by atoms with Crippen LogP contribution in [0.2, 0.25) is 0 Å². The quantitative estimate of drug-likeness (QED) is 0.109. The van der Waals surface area contributed by atoms with Gasteiger partial charge < -0.3 is 24.2 Å². The molecule has 64 heavy (non-hydrogen) atoms. The third-order valence-electron chi connectivity index (χ3n) is 14.3. The zero-order valence-corrected chi connectivity index (χ0v) is 38.4. The number of carbonyl (C=O) groups excluding carboxylic acids is 6. The zero-order valence-electron chi connectivity index (χ0n) is 38.4. The summed E-state index contributed by atoms with van der Waals surface area (Å²) in [5.41, 5.74) is 4.74. The number of ketones is 2. The van der Waals surface area contributed by atoms with E-state index in [1.54, 1.807) is 21.9 Å². The fraction of sp³-hybridized carbons (Fsp3) is 0.538. The van der Waals surface area contributed by atoms with E-state index in [1.807, 2.05) is 52.0 Å². The number of Topliss-reactive ketones (excluding diaryl/α,β-unsaturated/α-hetero) is 2. The van der Waals surface area contributed by atoms with E-state index in [1.165, 1.54) is 26.4 Å². The largest absolute Gasteiger partial charge is 0.469 e. The molecule has 0 aromatic heterocycles. The van der Waals surface area contributed by atoms with Crippen molar-refractivity contribution >= 4 is 41.0 Å². The lowest BCUT2D eigenvalue weighted by Crippen LogP contribution is -2.46. The average Bonchev–Trinajstić information content (AvgIpc) is 4.11. The summed E-state index contributed by atoms with van der Waals surface area (Å²) < 4.78 is 24.0. The molecule has 8 atom stereocenters. The number of amides is 2. The fourth-order valence-corrected chi connectivity index (χ4v) is 10.1.